The molecule has 0 aromatic carbocycles. The van der Waals surface area contributed by atoms with Crippen LogP contribution in [0.2, 0.25) is 0 Å². The highest BCUT2D eigenvalue weighted by Gasteiger charge is 2.25. The maximum atomic E-state index is 4.47. The third-order valence-corrected chi connectivity index (χ3v) is 5.11. The molecule has 1 saturated heterocycles. The molecule has 0 aliphatic carbocycles. The summed E-state index contributed by atoms with van der Waals surface area (Å²) in [5, 5.41) is 8.79. The zero-order chi connectivity index (χ0) is 16.6. The smallest absolute Gasteiger partial charge is 0.160 e. The molecule has 1 atom stereocenters. The lowest BCUT2D eigenvalue weighted by molar-refractivity contribution is 0.193. The minimum absolute atomic E-state index is 0.424. The van der Waals surface area contributed by atoms with Gasteiger partial charge in [-0.3, -0.25) is 9.30 Å². The van der Waals surface area contributed by atoms with Gasteiger partial charge in [-0.05, 0) is 43.7 Å². The Bertz CT molecular complexity index is 1020. The van der Waals surface area contributed by atoms with Crippen LogP contribution in [0.3, 0.4) is 0 Å². The number of fused-ring (bicyclic) bond motifs is 2. The van der Waals surface area contributed by atoms with E-state index < -0.39 is 0 Å². The minimum Gasteiger partial charge on any atom is -0.303 e. The lowest BCUT2D eigenvalue weighted by Gasteiger charge is -2.32. The average Bonchev–Trinajstić information content (AvgIpc) is 3.29. The molecule has 0 spiro atoms. The summed E-state index contributed by atoms with van der Waals surface area (Å²) >= 11 is 0. The van der Waals surface area contributed by atoms with Gasteiger partial charge in [-0.25, -0.2) is 4.98 Å². The van der Waals surface area contributed by atoms with E-state index in [2.05, 4.69) is 47.2 Å². The fourth-order valence-corrected chi connectivity index (χ4v) is 3.91. The number of piperidine rings is 1. The van der Waals surface area contributed by atoms with Crippen LogP contribution in [0, 0.1) is 0 Å². The minimum atomic E-state index is 0.424. The van der Waals surface area contributed by atoms with Crippen LogP contribution in [0.5, 0.6) is 0 Å². The first kappa shape index (κ1) is 14.6. The highest BCUT2D eigenvalue weighted by atomic mass is 15.3. The van der Waals surface area contributed by atoms with Gasteiger partial charge in [0.15, 0.2) is 5.65 Å². The van der Waals surface area contributed by atoms with Crippen molar-refractivity contribution < 1.29 is 0 Å². The van der Waals surface area contributed by atoms with E-state index in [4.69, 9.17) is 0 Å². The van der Waals surface area contributed by atoms with E-state index >= 15 is 0 Å². The van der Waals surface area contributed by atoms with Crippen LogP contribution in [0.15, 0.2) is 55.0 Å². The molecule has 5 rings (SSSR count). The normalized spacial score (nSPS) is 19.0. The van der Waals surface area contributed by atoms with Gasteiger partial charge in [0.05, 0.1) is 0 Å². The van der Waals surface area contributed by atoms with Gasteiger partial charge in [-0.2, -0.15) is 0 Å². The predicted octanol–water partition coefficient (Wildman–Crippen LogP) is 2.76. The molecule has 0 radical (unpaired) electrons. The SMILES string of the molecule is c1cc(CN2CCCC(c3nnc4ccccn34)C2)n2ccnc2c1. The largest absolute Gasteiger partial charge is 0.303 e. The summed E-state index contributed by atoms with van der Waals surface area (Å²) in [6.45, 7) is 3.07. The lowest BCUT2D eigenvalue weighted by atomic mass is 9.97. The van der Waals surface area contributed by atoms with Crippen LogP contribution in [0.25, 0.3) is 11.3 Å². The molecule has 5 heterocycles. The quantitative estimate of drug-likeness (QED) is 0.579. The second kappa shape index (κ2) is 5.97. The number of aromatic nitrogens is 5. The first-order chi connectivity index (χ1) is 12.4. The van der Waals surface area contributed by atoms with Gasteiger partial charge >= 0.3 is 0 Å². The Balaban J connectivity index is 1.40. The third kappa shape index (κ3) is 2.59. The van der Waals surface area contributed by atoms with Crippen LogP contribution < -0.4 is 0 Å². The summed E-state index contributed by atoms with van der Waals surface area (Å²) < 4.78 is 4.31. The van der Waals surface area contributed by atoms with Crippen molar-refractivity contribution in [3.63, 3.8) is 0 Å². The van der Waals surface area contributed by atoms with Crippen LogP contribution in [0.1, 0.15) is 30.3 Å². The van der Waals surface area contributed by atoms with Crippen molar-refractivity contribution in [2.45, 2.75) is 25.3 Å². The van der Waals surface area contributed by atoms with Crippen molar-refractivity contribution in [3.05, 3.63) is 66.5 Å². The Labute approximate surface area is 145 Å². The molecular weight excluding hydrogens is 312 g/mol. The second-order valence-corrected chi connectivity index (χ2v) is 6.73. The molecule has 0 bridgehead atoms. The van der Waals surface area contributed by atoms with Crippen molar-refractivity contribution >= 4 is 11.3 Å². The molecule has 1 unspecified atom stereocenters. The molecule has 0 amide bonds. The maximum Gasteiger partial charge on any atom is 0.160 e. The Morgan fingerprint density at radius 3 is 2.92 bits per heavy atom. The second-order valence-electron chi connectivity index (χ2n) is 6.73. The molecule has 6 heteroatoms. The molecule has 1 fully saturated rings. The standard InChI is InChI=1S/C19H20N6/c1-2-11-25-18(7-1)21-22-19(25)15-5-4-10-23(13-15)14-16-6-3-8-17-20-9-12-24(16)17/h1-3,6-9,11-12,15H,4-5,10,13-14H2. The van der Waals surface area contributed by atoms with E-state index in [-0.39, 0.29) is 0 Å². The molecule has 25 heavy (non-hydrogen) atoms. The fraction of sp³-hybridized carbons (Fsp3) is 0.316. The summed E-state index contributed by atoms with van der Waals surface area (Å²) in [5.41, 5.74) is 3.22. The summed E-state index contributed by atoms with van der Waals surface area (Å²) in [4.78, 5) is 6.91. The number of nitrogens with zero attached hydrogens (tertiary/aromatic N) is 6. The van der Waals surface area contributed by atoms with Crippen molar-refractivity contribution in [1.82, 2.24) is 28.9 Å². The van der Waals surface area contributed by atoms with Gasteiger partial charge < -0.3 is 4.40 Å². The number of pyridine rings is 2. The van der Waals surface area contributed by atoms with Crippen LogP contribution in [0.4, 0.5) is 0 Å². The van der Waals surface area contributed by atoms with E-state index in [1.54, 1.807) is 0 Å². The first-order valence-corrected chi connectivity index (χ1v) is 8.81. The van der Waals surface area contributed by atoms with Crippen molar-refractivity contribution in [3.8, 4) is 0 Å². The first-order valence-electron chi connectivity index (χ1n) is 8.81. The van der Waals surface area contributed by atoms with Crippen molar-refractivity contribution in [2.24, 2.45) is 0 Å². The molecule has 0 saturated carbocycles. The van der Waals surface area contributed by atoms with E-state index in [1.165, 1.54) is 18.5 Å². The van der Waals surface area contributed by atoms with Crippen LogP contribution >= 0.6 is 0 Å². The Hall–Kier alpha value is -2.73. The topological polar surface area (TPSA) is 50.7 Å². The fourth-order valence-electron chi connectivity index (χ4n) is 3.91. The summed E-state index contributed by atoms with van der Waals surface area (Å²) in [6.07, 6.45) is 8.32. The van der Waals surface area contributed by atoms with Gasteiger partial charge in [-0.15, -0.1) is 10.2 Å². The zero-order valence-corrected chi connectivity index (χ0v) is 14.0. The Morgan fingerprint density at radius 1 is 0.960 bits per heavy atom. The summed E-state index contributed by atoms with van der Waals surface area (Å²) in [6, 6.07) is 12.4. The van der Waals surface area contributed by atoms with Gasteiger partial charge in [0.2, 0.25) is 0 Å². The van der Waals surface area contributed by atoms with Crippen LogP contribution in [-0.2, 0) is 6.54 Å². The molecule has 1 aliphatic heterocycles. The maximum absolute atomic E-state index is 4.47. The zero-order valence-electron chi connectivity index (χ0n) is 14.0. The predicted molar refractivity (Wildman–Crippen MR) is 95.4 cm³/mol. The lowest BCUT2D eigenvalue weighted by Crippen LogP contribution is -2.35. The molecular formula is C19H20N6. The molecule has 6 nitrogen and oxygen atoms in total. The van der Waals surface area contributed by atoms with Gasteiger partial charge in [0.1, 0.15) is 11.5 Å². The van der Waals surface area contributed by atoms with Gasteiger partial charge in [-0.1, -0.05) is 12.1 Å². The molecule has 4 aromatic heterocycles. The number of hydrogen-bond donors (Lipinski definition) is 0. The number of imidazole rings is 1. The van der Waals surface area contributed by atoms with Gasteiger partial charge in [0.25, 0.3) is 0 Å². The highest BCUT2D eigenvalue weighted by molar-refractivity contribution is 5.40. The third-order valence-electron chi connectivity index (χ3n) is 5.11. The van der Waals surface area contributed by atoms with E-state index in [0.29, 0.717) is 5.92 Å². The Morgan fingerprint density at radius 2 is 1.92 bits per heavy atom. The monoisotopic (exact) mass is 332 g/mol. The average molecular weight is 332 g/mol. The van der Waals surface area contributed by atoms with E-state index in [0.717, 1.165) is 36.8 Å². The van der Waals surface area contributed by atoms with E-state index in [1.807, 2.05) is 36.7 Å². The number of likely N-dealkylation sites (tertiary alicyclic amines) is 1. The highest BCUT2D eigenvalue weighted by Crippen LogP contribution is 2.27. The molecule has 4 aromatic rings. The van der Waals surface area contributed by atoms with E-state index in [9.17, 15) is 0 Å². The summed E-state index contributed by atoms with van der Waals surface area (Å²) in [5.74, 6) is 1.51. The van der Waals surface area contributed by atoms with Crippen molar-refractivity contribution in [2.75, 3.05) is 13.1 Å². The van der Waals surface area contributed by atoms with Gasteiger partial charge in [0, 0.05) is 43.3 Å². The molecule has 126 valence electrons. The van der Waals surface area contributed by atoms with Crippen LogP contribution in [-0.4, -0.2) is 42.0 Å². The number of hydrogen-bond acceptors (Lipinski definition) is 4. The molecule has 0 N–H and O–H groups in total. The Kier molecular flexibility index (Phi) is 3.48. The number of rotatable bonds is 3. The molecule has 1 aliphatic rings. The summed E-state index contributed by atoms with van der Waals surface area (Å²) in [7, 11) is 0. The van der Waals surface area contributed by atoms with Crippen molar-refractivity contribution in [1.29, 1.82) is 0 Å².